The fraction of sp³-hybridized carbons (Fsp3) is 0.333. The first kappa shape index (κ1) is 11.8. The van der Waals surface area contributed by atoms with Gasteiger partial charge in [-0.05, 0) is 54.2 Å². The highest BCUT2D eigenvalue weighted by atomic mass is 14.6. The molecule has 0 nitrogen and oxygen atoms in total. The van der Waals surface area contributed by atoms with Crippen LogP contribution in [0.2, 0.25) is 0 Å². The molecule has 4 aliphatic carbocycles. The van der Waals surface area contributed by atoms with Gasteiger partial charge in [-0.25, -0.2) is 0 Å². The molecule has 4 atom stereocenters. The summed E-state index contributed by atoms with van der Waals surface area (Å²) in [4.78, 5) is 0. The van der Waals surface area contributed by atoms with Gasteiger partial charge in [-0.2, -0.15) is 0 Å². The molecular weight excluding hydrogens is 252 g/mol. The van der Waals surface area contributed by atoms with Crippen LogP contribution in [0.3, 0.4) is 0 Å². The van der Waals surface area contributed by atoms with E-state index in [1.54, 1.807) is 16.7 Å². The predicted octanol–water partition coefficient (Wildman–Crippen LogP) is 5.05. The molecule has 0 N–H and O–H groups in total. The van der Waals surface area contributed by atoms with Gasteiger partial charge < -0.3 is 0 Å². The average molecular weight is 272 g/mol. The lowest BCUT2D eigenvalue weighted by molar-refractivity contribution is 0.780. The van der Waals surface area contributed by atoms with Crippen LogP contribution in [0, 0.1) is 17.8 Å². The first-order chi connectivity index (χ1) is 10.3. The summed E-state index contributed by atoms with van der Waals surface area (Å²) in [6, 6.07) is 9.14. The Hall–Kier alpha value is -1.82. The van der Waals surface area contributed by atoms with Gasteiger partial charge in [0.15, 0.2) is 0 Å². The SMILES string of the molecule is CC1=CC=CC2(c3ccccc3C3=CC=CC4CC34)CC12. The highest BCUT2D eigenvalue weighted by Gasteiger charge is 2.56. The normalized spacial score (nSPS) is 38.2. The molecule has 0 heterocycles. The van der Waals surface area contributed by atoms with E-state index in [4.69, 9.17) is 0 Å². The standard InChI is InChI=1S/C21H20/c1-14-6-5-11-21(13-20(14)21)19-10-3-2-8-17(19)16-9-4-7-15-12-18(15)16/h2-11,15,18,20H,12-13H2,1H3. The number of hydrogen-bond acceptors (Lipinski definition) is 0. The predicted molar refractivity (Wildman–Crippen MR) is 87.8 cm³/mol. The van der Waals surface area contributed by atoms with E-state index in [2.05, 4.69) is 67.6 Å². The second kappa shape index (κ2) is 3.88. The van der Waals surface area contributed by atoms with E-state index in [1.165, 1.54) is 18.4 Å². The number of hydrogen-bond donors (Lipinski definition) is 0. The second-order valence-corrected chi connectivity index (χ2v) is 7.13. The maximum Gasteiger partial charge on any atom is 0.0213 e. The minimum atomic E-state index is 0.293. The lowest BCUT2D eigenvalue weighted by Gasteiger charge is -2.22. The molecule has 21 heavy (non-hydrogen) atoms. The topological polar surface area (TPSA) is 0 Å². The molecule has 2 saturated carbocycles. The zero-order chi connectivity index (χ0) is 14.0. The molecule has 0 radical (unpaired) electrons. The zero-order valence-corrected chi connectivity index (χ0v) is 12.4. The minimum Gasteiger partial charge on any atom is -0.0808 e. The Bertz CT molecular complexity index is 743. The van der Waals surface area contributed by atoms with Crippen LogP contribution >= 0.6 is 0 Å². The van der Waals surface area contributed by atoms with Crippen LogP contribution in [-0.2, 0) is 5.41 Å². The van der Waals surface area contributed by atoms with Crippen LogP contribution in [0.15, 0.2) is 66.3 Å². The molecule has 0 bridgehead atoms. The third kappa shape index (κ3) is 1.56. The van der Waals surface area contributed by atoms with Crippen LogP contribution < -0.4 is 0 Å². The van der Waals surface area contributed by atoms with Crippen molar-refractivity contribution in [3.63, 3.8) is 0 Å². The molecule has 4 unspecified atom stereocenters. The Balaban J connectivity index is 1.64. The van der Waals surface area contributed by atoms with Crippen LogP contribution in [0.5, 0.6) is 0 Å². The average Bonchev–Trinajstić information content (AvgIpc) is 3.40. The molecular formula is C21H20. The van der Waals surface area contributed by atoms with Gasteiger partial charge in [0.1, 0.15) is 0 Å². The van der Waals surface area contributed by atoms with Gasteiger partial charge >= 0.3 is 0 Å². The molecule has 1 aromatic rings. The Labute approximate surface area is 126 Å². The number of fused-ring (bicyclic) bond motifs is 2. The molecule has 2 fully saturated rings. The van der Waals surface area contributed by atoms with Crippen molar-refractivity contribution >= 4 is 5.57 Å². The van der Waals surface area contributed by atoms with Crippen LogP contribution in [0.1, 0.15) is 30.9 Å². The highest BCUT2D eigenvalue weighted by Crippen LogP contribution is 2.62. The molecule has 0 heteroatoms. The second-order valence-electron chi connectivity index (χ2n) is 7.13. The summed E-state index contributed by atoms with van der Waals surface area (Å²) in [7, 11) is 0. The van der Waals surface area contributed by atoms with Crippen molar-refractivity contribution in [1.29, 1.82) is 0 Å². The van der Waals surface area contributed by atoms with E-state index >= 15 is 0 Å². The van der Waals surface area contributed by atoms with Crippen molar-refractivity contribution in [2.24, 2.45) is 17.8 Å². The Kier molecular flexibility index (Phi) is 2.18. The molecule has 5 rings (SSSR count). The largest absolute Gasteiger partial charge is 0.0808 e. The summed E-state index contributed by atoms with van der Waals surface area (Å²) in [5, 5.41) is 0. The van der Waals surface area contributed by atoms with E-state index in [1.807, 2.05) is 0 Å². The monoisotopic (exact) mass is 272 g/mol. The first-order valence-corrected chi connectivity index (χ1v) is 8.14. The van der Waals surface area contributed by atoms with Crippen LogP contribution in [-0.4, -0.2) is 0 Å². The summed E-state index contributed by atoms with van der Waals surface area (Å²) in [6.07, 6.45) is 16.7. The molecule has 0 amide bonds. The number of benzene rings is 1. The van der Waals surface area contributed by atoms with E-state index in [-0.39, 0.29) is 0 Å². The van der Waals surface area contributed by atoms with Gasteiger partial charge in [0.2, 0.25) is 0 Å². The molecule has 4 aliphatic rings. The van der Waals surface area contributed by atoms with Gasteiger partial charge in [-0.1, -0.05) is 66.3 Å². The third-order valence-corrected chi connectivity index (χ3v) is 5.92. The summed E-state index contributed by atoms with van der Waals surface area (Å²) in [5.41, 5.74) is 6.50. The molecule has 104 valence electrons. The third-order valence-electron chi connectivity index (χ3n) is 5.92. The molecule has 0 spiro atoms. The Morgan fingerprint density at radius 2 is 2.00 bits per heavy atom. The summed E-state index contributed by atoms with van der Waals surface area (Å²) >= 11 is 0. The van der Waals surface area contributed by atoms with Crippen molar-refractivity contribution < 1.29 is 0 Å². The lowest BCUT2D eigenvalue weighted by Crippen LogP contribution is -2.13. The van der Waals surface area contributed by atoms with E-state index in [9.17, 15) is 0 Å². The summed E-state index contributed by atoms with van der Waals surface area (Å²) in [6.45, 7) is 2.29. The fourth-order valence-electron chi connectivity index (χ4n) is 4.55. The van der Waals surface area contributed by atoms with Crippen molar-refractivity contribution in [1.82, 2.24) is 0 Å². The number of allylic oxidation sites excluding steroid dienone is 8. The van der Waals surface area contributed by atoms with Crippen LogP contribution in [0.4, 0.5) is 0 Å². The first-order valence-electron chi connectivity index (χ1n) is 8.14. The fourth-order valence-corrected chi connectivity index (χ4v) is 4.55. The zero-order valence-electron chi connectivity index (χ0n) is 12.4. The molecule has 0 aromatic heterocycles. The van der Waals surface area contributed by atoms with Gasteiger partial charge in [-0.3, -0.25) is 0 Å². The van der Waals surface area contributed by atoms with Crippen molar-refractivity contribution in [3.8, 4) is 0 Å². The lowest BCUT2D eigenvalue weighted by atomic mass is 9.81. The van der Waals surface area contributed by atoms with Gasteiger partial charge in [0.05, 0.1) is 0 Å². The van der Waals surface area contributed by atoms with E-state index in [0.29, 0.717) is 5.41 Å². The summed E-state index contributed by atoms with van der Waals surface area (Å²) in [5.74, 6) is 2.33. The molecule has 0 aliphatic heterocycles. The molecule has 0 saturated heterocycles. The maximum absolute atomic E-state index is 2.45. The summed E-state index contributed by atoms with van der Waals surface area (Å²) < 4.78 is 0. The maximum atomic E-state index is 2.45. The molecule has 1 aromatic carbocycles. The highest BCUT2D eigenvalue weighted by molar-refractivity contribution is 5.77. The van der Waals surface area contributed by atoms with Gasteiger partial charge in [-0.15, -0.1) is 0 Å². The Morgan fingerprint density at radius 3 is 2.95 bits per heavy atom. The van der Waals surface area contributed by atoms with E-state index in [0.717, 1.165) is 17.8 Å². The van der Waals surface area contributed by atoms with Crippen molar-refractivity contribution in [2.45, 2.75) is 25.2 Å². The smallest absolute Gasteiger partial charge is 0.0213 e. The van der Waals surface area contributed by atoms with Crippen LogP contribution in [0.25, 0.3) is 5.57 Å². The van der Waals surface area contributed by atoms with E-state index < -0.39 is 0 Å². The Morgan fingerprint density at radius 1 is 1.10 bits per heavy atom. The minimum absolute atomic E-state index is 0.293. The van der Waals surface area contributed by atoms with Crippen molar-refractivity contribution in [2.75, 3.05) is 0 Å². The number of rotatable bonds is 2. The van der Waals surface area contributed by atoms with Crippen molar-refractivity contribution in [3.05, 3.63) is 77.4 Å². The quantitative estimate of drug-likeness (QED) is 0.706. The van der Waals surface area contributed by atoms with Gasteiger partial charge in [0.25, 0.3) is 0 Å². The van der Waals surface area contributed by atoms with Gasteiger partial charge in [0, 0.05) is 5.41 Å².